The molecule has 0 amide bonds. The van der Waals surface area contributed by atoms with Gasteiger partial charge in [-0.15, -0.1) is 0 Å². The molecule has 2 unspecified atom stereocenters. The predicted octanol–water partition coefficient (Wildman–Crippen LogP) is 4.30. The molecule has 0 aromatic heterocycles. The predicted molar refractivity (Wildman–Crippen MR) is 75.7 cm³/mol. The first-order valence-electron chi connectivity index (χ1n) is 6.98. The number of hydrogen-bond donors (Lipinski definition) is 1. The van der Waals surface area contributed by atoms with Crippen LogP contribution in [0.5, 0.6) is 0 Å². The zero-order valence-electron chi connectivity index (χ0n) is 11.9. The van der Waals surface area contributed by atoms with Gasteiger partial charge >= 0.3 is 6.18 Å². The largest absolute Gasteiger partial charge is 0.418 e. The van der Waals surface area contributed by atoms with Gasteiger partial charge in [-0.25, -0.2) is 0 Å². The van der Waals surface area contributed by atoms with Gasteiger partial charge in [0.1, 0.15) is 0 Å². The molecule has 0 saturated heterocycles. The molecule has 0 aliphatic heterocycles. The molecule has 0 bridgehead atoms. The third-order valence-electron chi connectivity index (χ3n) is 4.21. The maximum Gasteiger partial charge on any atom is 0.418 e. The maximum atomic E-state index is 12.9. The highest BCUT2D eigenvalue weighted by Crippen LogP contribution is 2.37. The second kappa shape index (κ2) is 5.54. The minimum absolute atomic E-state index is 0.216. The van der Waals surface area contributed by atoms with Gasteiger partial charge in [0.25, 0.3) is 0 Å². The molecule has 2 N–H and O–H groups in total. The number of benzene rings is 1. The molecular formula is C15H21F3N2. The maximum absolute atomic E-state index is 12.9. The highest BCUT2D eigenvalue weighted by atomic mass is 19.4. The van der Waals surface area contributed by atoms with E-state index in [0.717, 1.165) is 25.3 Å². The Hall–Kier alpha value is -1.39. The first-order valence-corrected chi connectivity index (χ1v) is 6.98. The third-order valence-corrected chi connectivity index (χ3v) is 4.21. The van der Waals surface area contributed by atoms with Crippen molar-refractivity contribution in [3.05, 3.63) is 23.8 Å². The average Bonchev–Trinajstić information content (AvgIpc) is 2.37. The monoisotopic (exact) mass is 286 g/mol. The molecule has 20 heavy (non-hydrogen) atoms. The van der Waals surface area contributed by atoms with Gasteiger partial charge in [-0.3, -0.25) is 0 Å². The Kier molecular flexibility index (Phi) is 4.16. The Morgan fingerprint density at radius 3 is 2.55 bits per heavy atom. The van der Waals surface area contributed by atoms with Gasteiger partial charge in [0, 0.05) is 24.5 Å². The SMILES string of the molecule is CC1CCCC(N(C)c2ccc(N)c(C(F)(F)F)c2)C1. The van der Waals surface area contributed by atoms with Crippen molar-refractivity contribution in [1.29, 1.82) is 0 Å². The quantitative estimate of drug-likeness (QED) is 0.821. The molecular weight excluding hydrogens is 265 g/mol. The number of nitrogen functional groups attached to an aromatic ring is 1. The summed E-state index contributed by atoms with van der Waals surface area (Å²) >= 11 is 0. The highest BCUT2D eigenvalue weighted by molar-refractivity contribution is 5.59. The number of anilines is 2. The molecule has 1 saturated carbocycles. The van der Waals surface area contributed by atoms with E-state index in [1.165, 1.54) is 12.5 Å². The summed E-state index contributed by atoms with van der Waals surface area (Å²) < 4.78 is 38.7. The van der Waals surface area contributed by atoms with E-state index in [1.807, 2.05) is 11.9 Å². The van der Waals surface area contributed by atoms with Crippen molar-refractivity contribution in [3.8, 4) is 0 Å². The van der Waals surface area contributed by atoms with Crippen molar-refractivity contribution in [3.63, 3.8) is 0 Å². The lowest BCUT2D eigenvalue weighted by Crippen LogP contribution is -2.35. The van der Waals surface area contributed by atoms with Gasteiger partial charge in [-0.05, 0) is 37.0 Å². The highest BCUT2D eigenvalue weighted by Gasteiger charge is 2.34. The van der Waals surface area contributed by atoms with Crippen LogP contribution in [-0.2, 0) is 6.18 Å². The number of hydrogen-bond acceptors (Lipinski definition) is 2. The molecule has 112 valence electrons. The Labute approximate surface area is 117 Å². The molecule has 1 aliphatic carbocycles. The fourth-order valence-corrected chi connectivity index (χ4v) is 2.97. The molecule has 2 rings (SSSR count). The van der Waals surface area contributed by atoms with E-state index in [2.05, 4.69) is 6.92 Å². The zero-order valence-corrected chi connectivity index (χ0v) is 11.9. The first kappa shape index (κ1) is 15.0. The summed E-state index contributed by atoms with van der Waals surface area (Å²) in [6.07, 6.45) is 0.00668. The number of halogens is 3. The lowest BCUT2D eigenvalue weighted by atomic mass is 9.86. The molecule has 1 aromatic carbocycles. The first-order chi connectivity index (χ1) is 9.29. The van der Waals surface area contributed by atoms with Crippen LogP contribution in [0.2, 0.25) is 0 Å². The van der Waals surface area contributed by atoms with E-state index in [9.17, 15) is 13.2 Å². The molecule has 5 heteroatoms. The Morgan fingerprint density at radius 1 is 1.25 bits per heavy atom. The minimum atomic E-state index is -4.40. The van der Waals surface area contributed by atoms with Crippen molar-refractivity contribution >= 4 is 11.4 Å². The third kappa shape index (κ3) is 3.19. The lowest BCUT2D eigenvalue weighted by molar-refractivity contribution is -0.136. The van der Waals surface area contributed by atoms with Gasteiger partial charge in [0.05, 0.1) is 5.56 Å². The van der Waals surface area contributed by atoms with Crippen molar-refractivity contribution in [1.82, 2.24) is 0 Å². The van der Waals surface area contributed by atoms with Gasteiger partial charge in [-0.2, -0.15) is 13.2 Å². The van der Waals surface area contributed by atoms with Crippen LogP contribution in [0.4, 0.5) is 24.5 Å². The summed E-state index contributed by atoms with van der Waals surface area (Å²) in [5, 5.41) is 0. The van der Waals surface area contributed by atoms with Crippen LogP contribution in [0.3, 0.4) is 0 Å². The van der Waals surface area contributed by atoms with Crippen LogP contribution in [-0.4, -0.2) is 13.1 Å². The summed E-state index contributed by atoms with van der Waals surface area (Å²) in [6, 6.07) is 4.49. The summed E-state index contributed by atoms with van der Waals surface area (Å²) in [4.78, 5) is 1.96. The molecule has 0 spiro atoms. The van der Waals surface area contributed by atoms with Crippen LogP contribution in [0.1, 0.15) is 38.2 Å². The van der Waals surface area contributed by atoms with Gasteiger partial charge < -0.3 is 10.6 Å². The number of rotatable bonds is 2. The van der Waals surface area contributed by atoms with Crippen LogP contribution in [0.15, 0.2) is 18.2 Å². The van der Waals surface area contributed by atoms with Crippen LogP contribution >= 0.6 is 0 Å². The molecule has 2 nitrogen and oxygen atoms in total. The molecule has 1 aliphatic rings. The van der Waals surface area contributed by atoms with Crippen LogP contribution in [0, 0.1) is 5.92 Å². The normalized spacial score (nSPS) is 23.6. The van der Waals surface area contributed by atoms with Gasteiger partial charge in [0.2, 0.25) is 0 Å². The molecule has 0 heterocycles. The van der Waals surface area contributed by atoms with E-state index in [1.54, 1.807) is 6.07 Å². The van der Waals surface area contributed by atoms with E-state index in [0.29, 0.717) is 17.6 Å². The van der Waals surface area contributed by atoms with E-state index >= 15 is 0 Å². The second-order valence-corrected chi connectivity index (χ2v) is 5.81. The summed E-state index contributed by atoms with van der Waals surface area (Å²) in [5.74, 6) is 0.632. The van der Waals surface area contributed by atoms with E-state index in [4.69, 9.17) is 5.73 Å². The summed E-state index contributed by atoms with van der Waals surface area (Å²) in [6.45, 7) is 2.20. The molecule has 0 radical (unpaired) electrons. The zero-order chi connectivity index (χ0) is 14.9. The number of nitrogens with zero attached hydrogens (tertiary/aromatic N) is 1. The fraction of sp³-hybridized carbons (Fsp3) is 0.600. The Morgan fingerprint density at radius 2 is 1.95 bits per heavy atom. The smallest absolute Gasteiger partial charge is 0.398 e. The van der Waals surface area contributed by atoms with E-state index in [-0.39, 0.29) is 5.69 Å². The van der Waals surface area contributed by atoms with Gasteiger partial charge in [-0.1, -0.05) is 19.8 Å². The van der Waals surface area contributed by atoms with Gasteiger partial charge in [0.15, 0.2) is 0 Å². The molecule has 1 aromatic rings. The van der Waals surface area contributed by atoms with Crippen molar-refractivity contribution in [2.75, 3.05) is 17.7 Å². The fourth-order valence-electron chi connectivity index (χ4n) is 2.97. The molecule has 1 fully saturated rings. The molecule has 2 atom stereocenters. The van der Waals surface area contributed by atoms with Crippen molar-refractivity contribution in [2.45, 2.75) is 44.8 Å². The van der Waals surface area contributed by atoms with Crippen molar-refractivity contribution < 1.29 is 13.2 Å². The average molecular weight is 286 g/mol. The van der Waals surface area contributed by atoms with Crippen LogP contribution < -0.4 is 10.6 Å². The Balaban J connectivity index is 2.24. The van der Waals surface area contributed by atoms with Crippen molar-refractivity contribution in [2.24, 2.45) is 5.92 Å². The minimum Gasteiger partial charge on any atom is -0.398 e. The standard InChI is InChI=1S/C15H21F3N2/c1-10-4-3-5-11(8-10)20(2)12-6-7-14(19)13(9-12)15(16,17)18/h6-7,9-11H,3-5,8,19H2,1-2H3. The summed E-state index contributed by atoms with van der Waals surface area (Å²) in [7, 11) is 1.87. The second-order valence-electron chi connectivity index (χ2n) is 5.81. The summed E-state index contributed by atoms with van der Waals surface area (Å²) in [5.41, 5.74) is 5.07. The lowest BCUT2D eigenvalue weighted by Gasteiger charge is -2.36. The topological polar surface area (TPSA) is 29.3 Å². The number of nitrogens with two attached hydrogens (primary N) is 1. The van der Waals surface area contributed by atoms with Crippen LogP contribution in [0.25, 0.3) is 0 Å². The number of alkyl halides is 3. The Bertz CT molecular complexity index is 471. The van der Waals surface area contributed by atoms with E-state index < -0.39 is 11.7 Å².